The van der Waals surface area contributed by atoms with Crippen LogP contribution in [-0.4, -0.2) is 35.6 Å². The molecule has 36 heavy (non-hydrogen) atoms. The molecule has 1 atom stereocenters. The van der Waals surface area contributed by atoms with Gasteiger partial charge in [0.1, 0.15) is 6.04 Å². The molecular formula is C30H57NO5. The van der Waals surface area contributed by atoms with E-state index in [2.05, 4.69) is 26.1 Å². The molecule has 0 aromatic heterocycles. The van der Waals surface area contributed by atoms with E-state index in [-0.39, 0.29) is 12.5 Å². The van der Waals surface area contributed by atoms with Crippen molar-refractivity contribution >= 4 is 17.8 Å². The molecule has 0 aliphatic carbocycles. The lowest BCUT2D eigenvalue weighted by Crippen LogP contribution is -2.43. The summed E-state index contributed by atoms with van der Waals surface area (Å²) in [5, 5.41) is 11.7. The summed E-state index contributed by atoms with van der Waals surface area (Å²) in [7, 11) is 0. The van der Waals surface area contributed by atoms with Gasteiger partial charge in [0.05, 0.1) is 13.0 Å². The molecule has 0 saturated heterocycles. The monoisotopic (exact) mass is 511 g/mol. The zero-order chi connectivity index (χ0) is 26.9. The Morgan fingerprint density at radius 3 is 1.67 bits per heavy atom. The molecule has 0 aromatic rings. The maximum atomic E-state index is 12.3. The number of unbranched alkanes of at least 4 members (excludes halogenated alkanes) is 16. The summed E-state index contributed by atoms with van der Waals surface area (Å²) < 4.78 is 5.28. The fraction of sp³-hybridized carbons (Fsp3) is 0.900. The highest BCUT2D eigenvalue weighted by atomic mass is 16.5. The Balaban J connectivity index is 3.87. The Labute approximate surface area is 221 Å². The van der Waals surface area contributed by atoms with Gasteiger partial charge in [0.15, 0.2) is 0 Å². The number of carboxylic acid groups (broad SMARTS) is 1. The number of rotatable bonds is 26. The molecule has 0 fully saturated rings. The zero-order valence-corrected chi connectivity index (χ0v) is 23.8. The maximum Gasteiger partial charge on any atom is 0.329 e. The second kappa shape index (κ2) is 25.1. The van der Waals surface area contributed by atoms with E-state index < -0.39 is 24.4 Å². The van der Waals surface area contributed by atoms with Gasteiger partial charge in [0, 0.05) is 6.42 Å². The second-order valence-electron chi connectivity index (χ2n) is 10.8. The molecule has 1 amide bonds. The predicted octanol–water partition coefficient (Wildman–Crippen LogP) is 7.97. The fourth-order valence-electron chi connectivity index (χ4n) is 4.40. The highest BCUT2D eigenvalue weighted by Crippen LogP contribution is 2.13. The van der Waals surface area contributed by atoms with Crippen molar-refractivity contribution in [2.24, 2.45) is 5.92 Å². The van der Waals surface area contributed by atoms with Crippen LogP contribution in [0.5, 0.6) is 0 Å². The standard InChI is InChI=1S/C30H57NO5/c1-4-5-6-7-8-10-14-17-20-23-28(32)31-27(25-29(33)34)30(35)36-24-21-18-15-12-9-11-13-16-19-22-26(2)3/h26-27H,4-25H2,1-3H3,(H,31,32)(H,33,34)/t27-/m0/s1. The Kier molecular flexibility index (Phi) is 24.0. The van der Waals surface area contributed by atoms with Crippen LogP contribution in [0, 0.1) is 5.92 Å². The van der Waals surface area contributed by atoms with E-state index in [1.54, 1.807) is 0 Å². The van der Waals surface area contributed by atoms with E-state index in [4.69, 9.17) is 9.84 Å². The topological polar surface area (TPSA) is 92.7 Å². The van der Waals surface area contributed by atoms with Crippen LogP contribution in [0.1, 0.15) is 156 Å². The largest absolute Gasteiger partial charge is 0.481 e. The van der Waals surface area contributed by atoms with Gasteiger partial charge in [-0.05, 0) is 18.8 Å². The van der Waals surface area contributed by atoms with Gasteiger partial charge in [-0.2, -0.15) is 0 Å². The zero-order valence-electron chi connectivity index (χ0n) is 23.8. The van der Waals surface area contributed by atoms with Crippen molar-refractivity contribution in [1.82, 2.24) is 5.32 Å². The van der Waals surface area contributed by atoms with Crippen LogP contribution in [0.15, 0.2) is 0 Å². The number of hydrogen-bond acceptors (Lipinski definition) is 4. The molecule has 212 valence electrons. The lowest BCUT2D eigenvalue weighted by atomic mass is 10.0. The average Bonchev–Trinajstić information content (AvgIpc) is 2.82. The van der Waals surface area contributed by atoms with Crippen molar-refractivity contribution in [2.75, 3.05) is 6.61 Å². The number of carbonyl (C=O) groups is 3. The number of carboxylic acids is 1. The lowest BCUT2D eigenvalue weighted by Gasteiger charge is -2.16. The van der Waals surface area contributed by atoms with Crippen LogP contribution in [0.2, 0.25) is 0 Å². The van der Waals surface area contributed by atoms with Gasteiger partial charge in [-0.3, -0.25) is 9.59 Å². The van der Waals surface area contributed by atoms with E-state index >= 15 is 0 Å². The molecule has 2 N–H and O–H groups in total. The number of hydrogen-bond donors (Lipinski definition) is 2. The SMILES string of the molecule is CCCCCCCCCCCC(=O)N[C@@H](CC(=O)O)C(=O)OCCCCCCCCCCCC(C)C. The smallest absolute Gasteiger partial charge is 0.329 e. The van der Waals surface area contributed by atoms with Gasteiger partial charge in [0.2, 0.25) is 5.91 Å². The van der Waals surface area contributed by atoms with E-state index in [1.807, 2.05) is 0 Å². The Morgan fingerprint density at radius 1 is 0.694 bits per heavy atom. The summed E-state index contributed by atoms with van der Waals surface area (Å²) in [5.41, 5.74) is 0. The van der Waals surface area contributed by atoms with Crippen LogP contribution in [0.25, 0.3) is 0 Å². The molecule has 0 aliphatic heterocycles. The molecule has 0 heterocycles. The summed E-state index contributed by atoms with van der Waals surface area (Å²) >= 11 is 0. The highest BCUT2D eigenvalue weighted by molar-refractivity contribution is 5.87. The summed E-state index contributed by atoms with van der Waals surface area (Å²) in [6, 6.07) is -1.11. The van der Waals surface area contributed by atoms with Gasteiger partial charge in [-0.25, -0.2) is 4.79 Å². The lowest BCUT2D eigenvalue weighted by molar-refractivity contribution is -0.151. The Morgan fingerprint density at radius 2 is 1.17 bits per heavy atom. The number of nitrogens with one attached hydrogen (secondary N) is 1. The molecule has 0 bridgehead atoms. The summed E-state index contributed by atoms with van der Waals surface area (Å²) in [4.78, 5) is 35.7. The summed E-state index contributed by atoms with van der Waals surface area (Å²) in [6.07, 6.45) is 22.3. The second-order valence-corrected chi connectivity index (χ2v) is 10.8. The molecule has 6 heteroatoms. The molecule has 6 nitrogen and oxygen atoms in total. The first kappa shape index (κ1) is 34.4. The first-order chi connectivity index (χ1) is 17.4. The Hall–Kier alpha value is -1.59. The fourth-order valence-corrected chi connectivity index (χ4v) is 4.40. The minimum Gasteiger partial charge on any atom is -0.481 e. The summed E-state index contributed by atoms with van der Waals surface area (Å²) in [6.45, 7) is 7.04. The first-order valence-corrected chi connectivity index (χ1v) is 15.0. The first-order valence-electron chi connectivity index (χ1n) is 15.0. The van der Waals surface area contributed by atoms with Crippen molar-refractivity contribution in [1.29, 1.82) is 0 Å². The maximum absolute atomic E-state index is 12.3. The third-order valence-corrected chi connectivity index (χ3v) is 6.68. The minimum absolute atomic E-state index is 0.273. The minimum atomic E-state index is -1.12. The third-order valence-electron chi connectivity index (χ3n) is 6.68. The quantitative estimate of drug-likeness (QED) is 0.0907. The van der Waals surface area contributed by atoms with Crippen LogP contribution in [0.3, 0.4) is 0 Å². The van der Waals surface area contributed by atoms with Gasteiger partial charge in [-0.1, -0.05) is 130 Å². The molecule has 0 spiro atoms. The molecule has 0 aliphatic rings. The van der Waals surface area contributed by atoms with Gasteiger partial charge in [0.25, 0.3) is 0 Å². The van der Waals surface area contributed by atoms with Crippen molar-refractivity contribution in [3.8, 4) is 0 Å². The molecule has 0 radical (unpaired) electrons. The number of aliphatic carboxylic acids is 1. The number of ether oxygens (including phenoxy) is 1. The summed E-state index contributed by atoms with van der Waals surface area (Å²) in [5.74, 6) is -1.23. The van der Waals surface area contributed by atoms with Gasteiger partial charge < -0.3 is 15.2 Å². The number of carbonyl (C=O) groups excluding carboxylic acids is 2. The predicted molar refractivity (Wildman–Crippen MR) is 148 cm³/mol. The normalized spacial score (nSPS) is 12.0. The molecule has 0 rings (SSSR count). The average molecular weight is 512 g/mol. The van der Waals surface area contributed by atoms with Crippen LogP contribution < -0.4 is 5.32 Å². The van der Waals surface area contributed by atoms with E-state index in [0.29, 0.717) is 6.42 Å². The Bertz CT molecular complexity index is 549. The molecule has 0 aromatic carbocycles. The molecule has 0 unspecified atom stereocenters. The van der Waals surface area contributed by atoms with Crippen molar-refractivity contribution in [2.45, 2.75) is 162 Å². The third kappa shape index (κ3) is 24.1. The number of esters is 1. The highest BCUT2D eigenvalue weighted by Gasteiger charge is 2.24. The van der Waals surface area contributed by atoms with Crippen molar-refractivity contribution < 1.29 is 24.2 Å². The number of amides is 1. The van der Waals surface area contributed by atoms with Crippen LogP contribution in [-0.2, 0) is 19.1 Å². The van der Waals surface area contributed by atoms with Gasteiger partial charge >= 0.3 is 11.9 Å². The molecular weight excluding hydrogens is 454 g/mol. The molecule has 0 saturated carbocycles. The van der Waals surface area contributed by atoms with Crippen LogP contribution >= 0.6 is 0 Å². The van der Waals surface area contributed by atoms with Gasteiger partial charge in [-0.15, -0.1) is 0 Å². The van der Waals surface area contributed by atoms with E-state index in [0.717, 1.165) is 44.4 Å². The van der Waals surface area contributed by atoms with Crippen LogP contribution in [0.4, 0.5) is 0 Å². The van der Waals surface area contributed by atoms with Crippen molar-refractivity contribution in [3.05, 3.63) is 0 Å². The van der Waals surface area contributed by atoms with E-state index in [1.165, 1.54) is 83.5 Å². The van der Waals surface area contributed by atoms with Crippen molar-refractivity contribution in [3.63, 3.8) is 0 Å². The van der Waals surface area contributed by atoms with E-state index in [9.17, 15) is 14.4 Å².